The molecule has 0 atom stereocenters. The molecule has 0 aliphatic heterocycles. The summed E-state index contributed by atoms with van der Waals surface area (Å²) >= 11 is 0. The Morgan fingerprint density at radius 2 is 1.70 bits per heavy atom. The number of halogens is 1. The number of hydrogen-bond donors (Lipinski definition) is 2. The van der Waals surface area contributed by atoms with E-state index in [0.717, 1.165) is 5.56 Å². The zero-order chi connectivity index (χ0) is 19.9. The lowest BCUT2D eigenvalue weighted by molar-refractivity contribution is -0.120. The van der Waals surface area contributed by atoms with E-state index in [-0.39, 0.29) is 29.6 Å². The van der Waals surface area contributed by atoms with Gasteiger partial charge in [0.15, 0.2) is 0 Å². The fraction of sp³-hybridized carbons (Fsp3) is 0.350. The van der Waals surface area contributed by atoms with Gasteiger partial charge in [-0.25, -0.2) is 17.5 Å². The Bertz CT molecular complexity index is 865. The van der Waals surface area contributed by atoms with Gasteiger partial charge in [-0.1, -0.05) is 44.2 Å². The third-order valence-electron chi connectivity index (χ3n) is 4.18. The van der Waals surface area contributed by atoms with Crippen LogP contribution in [0.25, 0.3) is 0 Å². The van der Waals surface area contributed by atoms with Crippen molar-refractivity contribution in [3.05, 3.63) is 65.5 Å². The molecule has 146 valence electrons. The minimum Gasteiger partial charge on any atom is -0.356 e. The molecule has 0 bridgehead atoms. The van der Waals surface area contributed by atoms with Crippen molar-refractivity contribution < 1.29 is 17.6 Å². The van der Waals surface area contributed by atoms with Crippen LogP contribution in [-0.2, 0) is 21.2 Å². The van der Waals surface area contributed by atoms with Gasteiger partial charge in [0.05, 0.1) is 4.90 Å². The van der Waals surface area contributed by atoms with Gasteiger partial charge in [-0.2, -0.15) is 0 Å². The van der Waals surface area contributed by atoms with Crippen LogP contribution < -0.4 is 10.0 Å². The number of carbonyl (C=O) groups is 1. The van der Waals surface area contributed by atoms with Crippen molar-refractivity contribution in [1.29, 1.82) is 0 Å². The van der Waals surface area contributed by atoms with Crippen molar-refractivity contribution >= 4 is 15.9 Å². The molecule has 5 nitrogen and oxygen atoms in total. The first kappa shape index (κ1) is 21.1. The SMILES string of the molecule is CC(C)c1ccc(S(=O)(=O)NCCC(=O)NCCc2ccccc2F)cc1. The lowest BCUT2D eigenvalue weighted by Crippen LogP contribution is -2.31. The van der Waals surface area contributed by atoms with Gasteiger partial charge >= 0.3 is 0 Å². The second-order valence-electron chi connectivity index (χ2n) is 6.56. The lowest BCUT2D eigenvalue weighted by Gasteiger charge is -2.09. The van der Waals surface area contributed by atoms with Gasteiger partial charge in [0.25, 0.3) is 0 Å². The summed E-state index contributed by atoms with van der Waals surface area (Å²) in [5.74, 6) is -0.269. The molecule has 0 spiro atoms. The molecule has 0 fully saturated rings. The van der Waals surface area contributed by atoms with Crippen molar-refractivity contribution in [2.24, 2.45) is 0 Å². The number of rotatable bonds is 9. The first-order valence-electron chi connectivity index (χ1n) is 8.89. The van der Waals surface area contributed by atoms with Crippen LogP contribution >= 0.6 is 0 Å². The van der Waals surface area contributed by atoms with Gasteiger partial charge in [0.2, 0.25) is 15.9 Å². The molecule has 2 rings (SSSR count). The minimum atomic E-state index is -3.65. The molecule has 1 amide bonds. The maximum absolute atomic E-state index is 13.5. The Labute approximate surface area is 160 Å². The van der Waals surface area contributed by atoms with Gasteiger partial charge in [0.1, 0.15) is 5.82 Å². The molecule has 27 heavy (non-hydrogen) atoms. The van der Waals surface area contributed by atoms with Crippen LogP contribution in [0.2, 0.25) is 0 Å². The summed E-state index contributed by atoms with van der Waals surface area (Å²) in [4.78, 5) is 12.0. The normalized spacial score (nSPS) is 11.6. The molecule has 0 unspecified atom stereocenters. The number of nitrogens with one attached hydrogen (secondary N) is 2. The zero-order valence-electron chi connectivity index (χ0n) is 15.5. The minimum absolute atomic E-state index is 0.000202. The molecule has 0 radical (unpaired) electrons. The summed E-state index contributed by atoms with van der Waals surface area (Å²) in [7, 11) is -3.65. The predicted molar refractivity (Wildman–Crippen MR) is 103 cm³/mol. The van der Waals surface area contributed by atoms with Crippen molar-refractivity contribution in [3.8, 4) is 0 Å². The lowest BCUT2D eigenvalue weighted by atomic mass is 10.0. The Balaban J connectivity index is 1.75. The average Bonchev–Trinajstić information content (AvgIpc) is 2.63. The summed E-state index contributed by atoms with van der Waals surface area (Å²) in [5.41, 5.74) is 1.59. The molecule has 0 aliphatic rings. The maximum atomic E-state index is 13.5. The Morgan fingerprint density at radius 1 is 1.04 bits per heavy atom. The maximum Gasteiger partial charge on any atom is 0.240 e. The number of hydrogen-bond acceptors (Lipinski definition) is 3. The van der Waals surface area contributed by atoms with E-state index in [1.54, 1.807) is 42.5 Å². The first-order valence-corrected chi connectivity index (χ1v) is 10.4. The third kappa shape index (κ3) is 6.45. The molecule has 2 aromatic rings. The highest BCUT2D eigenvalue weighted by Crippen LogP contribution is 2.17. The van der Waals surface area contributed by atoms with Crippen molar-refractivity contribution in [2.75, 3.05) is 13.1 Å². The summed E-state index contributed by atoms with van der Waals surface area (Å²) in [6.45, 7) is 4.36. The van der Waals surface area contributed by atoms with Gasteiger partial charge in [-0.05, 0) is 41.7 Å². The molecule has 7 heteroatoms. The highest BCUT2D eigenvalue weighted by atomic mass is 32.2. The fourth-order valence-electron chi connectivity index (χ4n) is 2.54. The number of sulfonamides is 1. The van der Waals surface area contributed by atoms with E-state index in [1.807, 2.05) is 13.8 Å². The topological polar surface area (TPSA) is 75.3 Å². The summed E-state index contributed by atoms with van der Waals surface area (Å²) in [6, 6.07) is 13.1. The summed E-state index contributed by atoms with van der Waals surface area (Å²) in [6.07, 6.45) is 0.396. The van der Waals surface area contributed by atoms with Crippen molar-refractivity contribution in [2.45, 2.75) is 37.5 Å². The standard InChI is InChI=1S/C20H25FN2O3S/c1-15(2)16-7-9-18(10-8-16)27(25,26)23-14-12-20(24)22-13-11-17-5-3-4-6-19(17)21/h3-10,15,23H,11-14H2,1-2H3,(H,22,24). The molecule has 0 saturated heterocycles. The van der Waals surface area contributed by atoms with Crippen LogP contribution in [0, 0.1) is 5.82 Å². The number of amides is 1. The summed E-state index contributed by atoms with van der Waals surface area (Å²) in [5, 5.41) is 2.66. The predicted octanol–water partition coefficient (Wildman–Crippen LogP) is 2.98. The van der Waals surface area contributed by atoms with E-state index in [1.165, 1.54) is 6.07 Å². The molecular formula is C20H25FN2O3S. The van der Waals surface area contributed by atoms with E-state index < -0.39 is 10.0 Å². The van der Waals surface area contributed by atoms with Crippen LogP contribution in [0.4, 0.5) is 4.39 Å². The van der Waals surface area contributed by atoms with Gasteiger partial charge in [-0.15, -0.1) is 0 Å². The van der Waals surface area contributed by atoms with E-state index in [9.17, 15) is 17.6 Å². The quantitative estimate of drug-likeness (QED) is 0.689. The van der Waals surface area contributed by atoms with Crippen LogP contribution in [0.1, 0.15) is 37.3 Å². The smallest absolute Gasteiger partial charge is 0.240 e. The largest absolute Gasteiger partial charge is 0.356 e. The monoisotopic (exact) mass is 392 g/mol. The molecular weight excluding hydrogens is 367 g/mol. The van der Waals surface area contributed by atoms with Crippen molar-refractivity contribution in [3.63, 3.8) is 0 Å². The number of benzene rings is 2. The summed E-state index contributed by atoms with van der Waals surface area (Å²) < 4.78 is 40.4. The molecule has 2 N–H and O–H groups in total. The highest BCUT2D eigenvalue weighted by Gasteiger charge is 2.14. The van der Waals surface area contributed by atoms with Gasteiger partial charge < -0.3 is 5.32 Å². The van der Waals surface area contributed by atoms with Gasteiger partial charge in [-0.3, -0.25) is 4.79 Å². The van der Waals surface area contributed by atoms with E-state index in [4.69, 9.17) is 0 Å². The molecule has 0 aliphatic carbocycles. The average molecular weight is 392 g/mol. The number of carbonyl (C=O) groups excluding carboxylic acids is 1. The van der Waals surface area contributed by atoms with Crippen LogP contribution in [-0.4, -0.2) is 27.4 Å². The molecule has 0 heterocycles. The first-order chi connectivity index (χ1) is 12.8. The second kappa shape index (κ2) is 9.62. The van der Waals surface area contributed by atoms with Crippen LogP contribution in [0.3, 0.4) is 0 Å². The van der Waals surface area contributed by atoms with E-state index in [2.05, 4.69) is 10.0 Å². The van der Waals surface area contributed by atoms with Crippen LogP contribution in [0.5, 0.6) is 0 Å². The Hall–Kier alpha value is -2.25. The zero-order valence-corrected chi connectivity index (χ0v) is 16.4. The molecule has 0 saturated carbocycles. The van der Waals surface area contributed by atoms with Gasteiger partial charge in [0, 0.05) is 19.5 Å². The highest BCUT2D eigenvalue weighted by molar-refractivity contribution is 7.89. The Morgan fingerprint density at radius 3 is 2.33 bits per heavy atom. The van der Waals surface area contributed by atoms with Crippen LogP contribution in [0.15, 0.2) is 53.4 Å². The fourth-order valence-corrected chi connectivity index (χ4v) is 3.57. The van der Waals surface area contributed by atoms with E-state index >= 15 is 0 Å². The van der Waals surface area contributed by atoms with Crippen molar-refractivity contribution in [1.82, 2.24) is 10.0 Å². The van der Waals surface area contributed by atoms with E-state index in [0.29, 0.717) is 24.4 Å². The Kier molecular flexibility index (Phi) is 7.50. The molecule has 2 aromatic carbocycles. The third-order valence-corrected chi connectivity index (χ3v) is 5.65. The molecule has 0 aromatic heterocycles. The second-order valence-corrected chi connectivity index (χ2v) is 8.33.